The van der Waals surface area contributed by atoms with Gasteiger partial charge in [0.15, 0.2) is 5.66 Å². The Kier molecular flexibility index (Phi) is 6.42. The number of carbonyl (C=O) groups is 1. The molecule has 0 aliphatic carbocycles. The van der Waals surface area contributed by atoms with Gasteiger partial charge in [0.2, 0.25) is 0 Å². The van der Waals surface area contributed by atoms with Crippen LogP contribution in [0, 0.1) is 0 Å². The number of nitrogens with one attached hydrogen (secondary N) is 2. The summed E-state index contributed by atoms with van der Waals surface area (Å²) in [6.07, 6.45) is 0. The van der Waals surface area contributed by atoms with Crippen molar-refractivity contribution >= 4 is 46.3 Å². The Labute approximate surface area is 178 Å². The van der Waals surface area contributed by atoms with Crippen LogP contribution in [0.4, 0.5) is 5.69 Å². The first-order chi connectivity index (χ1) is 13.9. The zero-order chi connectivity index (χ0) is 21.0. The number of esters is 1. The third-order valence-corrected chi connectivity index (χ3v) is 5.00. The van der Waals surface area contributed by atoms with E-state index in [9.17, 15) is 9.90 Å². The Hall–Kier alpha value is -2.61. The monoisotopic (exact) mass is 434 g/mol. The number of methoxy groups -OCH3 is 1. The van der Waals surface area contributed by atoms with E-state index >= 15 is 0 Å². The zero-order valence-corrected chi connectivity index (χ0v) is 17.4. The van der Waals surface area contributed by atoms with E-state index in [-0.39, 0.29) is 18.9 Å². The Morgan fingerprint density at radius 3 is 2.76 bits per heavy atom. The normalized spacial score (nSPS) is 18.8. The first-order valence-corrected chi connectivity index (χ1v) is 9.53. The van der Waals surface area contributed by atoms with Gasteiger partial charge in [0.1, 0.15) is 5.71 Å². The van der Waals surface area contributed by atoms with Gasteiger partial charge in [-0.25, -0.2) is 4.79 Å². The third-order valence-electron chi connectivity index (χ3n) is 4.44. The molecule has 1 aliphatic rings. The number of fused-ring (bicyclic) bond motifs is 1. The van der Waals surface area contributed by atoms with Gasteiger partial charge in [-0.3, -0.25) is 10.4 Å². The number of aliphatic imine (C=N–C) groups is 1. The van der Waals surface area contributed by atoms with Crippen molar-refractivity contribution in [1.29, 1.82) is 0 Å². The Morgan fingerprint density at radius 1 is 1.31 bits per heavy atom. The summed E-state index contributed by atoms with van der Waals surface area (Å²) in [6.45, 7) is 1.26. The average molecular weight is 435 g/mol. The molecule has 9 heteroatoms. The van der Waals surface area contributed by atoms with Crippen molar-refractivity contribution in [3.05, 3.63) is 63.6 Å². The number of hydrazone groups is 1. The van der Waals surface area contributed by atoms with Crippen molar-refractivity contribution in [2.45, 2.75) is 12.6 Å². The van der Waals surface area contributed by atoms with E-state index in [1.807, 2.05) is 18.2 Å². The maximum atomic E-state index is 11.6. The molecule has 0 saturated heterocycles. The highest BCUT2D eigenvalue weighted by atomic mass is 35.5. The minimum atomic E-state index is -1.15. The summed E-state index contributed by atoms with van der Waals surface area (Å²) >= 11 is 12.6. The lowest BCUT2D eigenvalue weighted by molar-refractivity contribution is -0.132. The summed E-state index contributed by atoms with van der Waals surface area (Å²) in [7, 11) is 1.27. The summed E-state index contributed by atoms with van der Waals surface area (Å²) < 4.78 is 4.65. The van der Waals surface area contributed by atoms with Gasteiger partial charge in [0.05, 0.1) is 26.0 Å². The van der Waals surface area contributed by atoms with Crippen molar-refractivity contribution in [2.75, 3.05) is 25.6 Å². The molecular weight excluding hydrogens is 415 g/mol. The van der Waals surface area contributed by atoms with Crippen LogP contribution in [0.3, 0.4) is 0 Å². The van der Waals surface area contributed by atoms with Crippen molar-refractivity contribution in [2.24, 2.45) is 10.1 Å². The average Bonchev–Trinajstić information content (AvgIpc) is 2.89. The highest BCUT2D eigenvalue weighted by molar-refractivity contribution is 6.36. The second-order valence-corrected chi connectivity index (χ2v) is 7.34. The van der Waals surface area contributed by atoms with Gasteiger partial charge in [-0.1, -0.05) is 41.4 Å². The number of carbonyl (C=O) groups excluding carboxylic acids is 1. The Balaban J connectivity index is 2.08. The summed E-state index contributed by atoms with van der Waals surface area (Å²) in [4.78, 5) is 16.3. The van der Waals surface area contributed by atoms with Crippen LogP contribution in [-0.2, 0) is 9.53 Å². The number of anilines is 1. The number of benzodiazepines with no additional fused rings is 1. The number of hydrogen-bond donors (Lipinski definition) is 3. The molecule has 0 spiro atoms. The molecular formula is C20H20Cl2N4O3. The van der Waals surface area contributed by atoms with E-state index in [1.165, 1.54) is 14.0 Å². The fraction of sp³-hybridized carbons (Fsp3) is 0.250. The van der Waals surface area contributed by atoms with Gasteiger partial charge in [-0.2, -0.15) is 5.10 Å². The molecule has 2 aromatic rings. The summed E-state index contributed by atoms with van der Waals surface area (Å²) in [6, 6.07) is 12.7. The molecule has 1 unspecified atom stereocenters. The van der Waals surface area contributed by atoms with Gasteiger partial charge < -0.3 is 15.2 Å². The molecule has 1 atom stereocenters. The fourth-order valence-corrected chi connectivity index (χ4v) is 3.27. The lowest BCUT2D eigenvalue weighted by Gasteiger charge is -2.31. The van der Waals surface area contributed by atoms with Gasteiger partial charge in [-0.05, 0) is 31.2 Å². The molecule has 7 nitrogen and oxygen atoms in total. The Bertz CT molecular complexity index is 993. The minimum Gasteiger partial charge on any atom is -0.464 e. The number of nitrogens with zero attached hydrogens (tertiary/aromatic N) is 2. The molecule has 152 valence electrons. The molecule has 0 bridgehead atoms. The van der Waals surface area contributed by atoms with E-state index in [2.05, 4.69) is 20.6 Å². The van der Waals surface area contributed by atoms with Crippen LogP contribution in [0.5, 0.6) is 0 Å². The summed E-state index contributed by atoms with van der Waals surface area (Å²) in [5.74, 6) is -0.577. The lowest BCUT2D eigenvalue weighted by atomic mass is 10.0. The lowest BCUT2D eigenvalue weighted by Crippen LogP contribution is -2.55. The quantitative estimate of drug-likeness (QED) is 0.381. The number of benzene rings is 2. The van der Waals surface area contributed by atoms with E-state index in [0.29, 0.717) is 21.4 Å². The molecule has 0 aromatic heterocycles. The van der Waals surface area contributed by atoms with Crippen LogP contribution in [0.1, 0.15) is 18.1 Å². The number of ether oxygens (including phenoxy) is 1. The van der Waals surface area contributed by atoms with Crippen molar-refractivity contribution < 1.29 is 14.6 Å². The fourth-order valence-electron chi connectivity index (χ4n) is 2.87. The van der Waals surface area contributed by atoms with Crippen LogP contribution < -0.4 is 10.7 Å². The minimum absolute atomic E-state index is 0.105. The molecule has 3 rings (SSSR count). The largest absolute Gasteiger partial charge is 0.464 e. The van der Waals surface area contributed by atoms with Crippen LogP contribution in [0.25, 0.3) is 0 Å². The number of hydrogen-bond acceptors (Lipinski definition) is 7. The van der Waals surface area contributed by atoms with Crippen LogP contribution in [0.15, 0.2) is 52.6 Å². The third kappa shape index (κ3) is 4.53. The van der Waals surface area contributed by atoms with Gasteiger partial charge >= 0.3 is 5.97 Å². The predicted octanol–water partition coefficient (Wildman–Crippen LogP) is 3.08. The molecule has 1 aliphatic heterocycles. The van der Waals surface area contributed by atoms with Gasteiger partial charge in [0, 0.05) is 26.9 Å². The van der Waals surface area contributed by atoms with Gasteiger partial charge in [0.25, 0.3) is 0 Å². The molecule has 1 heterocycles. The molecule has 0 fully saturated rings. The summed E-state index contributed by atoms with van der Waals surface area (Å²) in [5.41, 5.74) is 4.57. The second-order valence-electron chi connectivity index (χ2n) is 6.50. The van der Waals surface area contributed by atoms with Crippen LogP contribution in [0.2, 0.25) is 10.0 Å². The van der Waals surface area contributed by atoms with E-state index in [0.717, 1.165) is 11.1 Å². The highest BCUT2D eigenvalue weighted by Crippen LogP contribution is 2.31. The molecule has 0 radical (unpaired) electrons. The van der Waals surface area contributed by atoms with E-state index in [1.54, 1.807) is 24.3 Å². The van der Waals surface area contributed by atoms with Crippen molar-refractivity contribution in [1.82, 2.24) is 5.43 Å². The van der Waals surface area contributed by atoms with Gasteiger partial charge in [-0.15, -0.1) is 0 Å². The van der Waals surface area contributed by atoms with E-state index < -0.39 is 11.6 Å². The topological polar surface area (TPSA) is 95.3 Å². The number of aliphatic hydroxyl groups excluding tert-OH is 1. The first kappa shape index (κ1) is 21.1. The highest BCUT2D eigenvalue weighted by Gasteiger charge is 2.33. The molecule has 0 amide bonds. The number of halogens is 2. The number of aliphatic hydroxyl groups is 1. The zero-order valence-electron chi connectivity index (χ0n) is 15.9. The van der Waals surface area contributed by atoms with Crippen LogP contribution in [-0.4, -0.2) is 48.4 Å². The van der Waals surface area contributed by atoms with E-state index in [4.69, 9.17) is 28.2 Å². The second kappa shape index (κ2) is 8.82. The summed E-state index contributed by atoms with van der Waals surface area (Å²) in [5, 5.41) is 18.5. The maximum absolute atomic E-state index is 11.6. The predicted molar refractivity (Wildman–Crippen MR) is 115 cm³/mol. The standard InChI is InChI=1S/C20H20Cl2N4O3/c1-12(19(28)29-2)25-26-20(11-27)10-23-18(14-5-3-4-6-16(14)22)15-9-13(21)7-8-17(15)24-20/h3-9,24,26-27H,10-11H2,1-2H3. The maximum Gasteiger partial charge on any atom is 0.353 e. The molecule has 0 saturated carbocycles. The van der Waals surface area contributed by atoms with Crippen LogP contribution >= 0.6 is 23.2 Å². The first-order valence-electron chi connectivity index (χ1n) is 8.77. The Morgan fingerprint density at radius 2 is 2.07 bits per heavy atom. The molecule has 2 aromatic carbocycles. The smallest absolute Gasteiger partial charge is 0.353 e. The SMILES string of the molecule is COC(=O)C(C)=NNC1(CO)CN=C(c2ccccc2Cl)c2cc(Cl)ccc2N1. The van der Waals surface area contributed by atoms with Crippen molar-refractivity contribution in [3.63, 3.8) is 0 Å². The molecule has 3 N–H and O–H groups in total. The molecule has 29 heavy (non-hydrogen) atoms. The van der Waals surface area contributed by atoms with Crippen molar-refractivity contribution in [3.8, 4) is 0 Å². The number of rotatable bonds is 5.